The van der Waals surface area contributed by atoms with Gasteiger partial charge in [0.25, 0.3) is 0 Å². The van der Waals surface area contributed by atoms with E-state index in [1.807, 2.05) is 12.3 Å². The zero-order chi connectivity index (χ0) is 14.8. The zero-order valence-corrected chi connectivity index (χ0v) is 13.5. The van der Waals surface area contributed by atoms with Gasteiger partial charge in [-0.3, -0.25) is 0 Å². The minimum atomic E-state index is 0.139. The van der Waals surface area contributed by atoms with E-state index in [0.29, 0.717) is 6.54 Å². The Balaban J connectivity index is 2.92. The average molecular weight is 298 g/mol. The Morgan fingerprint density at radius 1 is 1.25 bits per heavy atom. The number of thioether (sulfide) groups is 1. The smallest absolute Gasteiger partial charge is 0.191 e. The summed E-state index contributed by atoms with van der Waals surface area (Å²) in [6, 6.07) is 1.97. The molecule has 0 saturated carbocycles. The van der Waals surface area contributed by atoms with Gasteiger partial charge in [-0.1, -0.05) is 32.0 Å². The number of hydrogen-bond acceptors (Lipinski definition) is 6. The summed E-state index contributed by atoms with van der Waals surface area (Å²) in [5, 5.41) is 13.3. The van der Waals surface area contributed by atoms with Crippen LogP contribution in [0.2, 0.25) is 0 Å². The molecule has 0 bridgehead atoms. The first-order valence-corrected chi connectivity index (χ1v) is 8.50. The summed E-state index contributed by atoms with van der Waals surface area (Å²) >= 11 is 1.54. The molecule has 5 nitrogen and oxygen atoms in total. The molecule has 0 amide bonds. The molecule has 20 heavy (non-hydrogen) atoms. The van der Waals surface area contributed by atoms with Gasteiger partial charge in [0.2, 0.25) is 0 Å². The van der Waals surface area contributed by atoms with E-state index in [9.17, 15) is 5.11 Å². The topological polar surface area (TPSA) is 61.3 Å². The van der Waals surface area contributed by atoms with E-state index in [4.69, 9.17) is 0 Å². The molecule has 0 aliphatic heterocycles. The first-order valence-electron chi connectivity index (χ1n) is 7.27. The van der Waals surface area contributed by atoms with Crippen LogP contribution in [0.5, 0.6) is 0 Å². The van der Waals surface area contributed by atoms with Gasteiger partial charge in [-0.05, 0) is 19.1 Å². The quantitative estimate of drug-likeness (QED) is 0.511. The summed E-state index contributed by atoms with van der Waals surface area (Å²) in [5.41, 5.74) is 0. The predicted molar refractivity (Wildman–Crippen MR) is 86.8 cm³/mol. The molecule has 0 spiro atoms. The van der Waals surface area contributed by atoms with Crippen molar-refractivity contribution in [3.8, 4) is 0 Å². The lowest BCUT2D eigenvalue weighted by molar-refractivity contribution is 0.301. The van der Waals surface area contributed by atoms with Crippen LogP contribution < -0.4 is 10.2 Å². The molecule has 114 valence electrons. The van der Waals surface area contributed by atoms with Crippen LogP contribution in [0.4, 0.5) is 11.6 Å². The van der Waals surface area contributed by atoms with Crippen molar-refractivity contribution < 1.29 is 5.11 Å². The maximum atomic E-state index is 9.23. The Morgan fingerprint density at radius 2 is 2.05 bits per heavy atom. The largest absolute Gasteiger partial charge is 0.395 e. The highest BCUT2D eigenvalue weighted by Crippen LogP contribution is 2.20. The number of rotatable bonds is 10. The fourth-order valence-corrected chi connectivity index (χ4v) is 2.19. The lowest BCUT2D eigenvalue weighted by Crippen LogP contribution is -2.29. The van der Waals surface area contributed by atoms with Gasteiger partial charge in [0.05, 0.1) is 6.61 Å². The molecule has 0 aliphatic rings. The SMILES string of the molecule is CCCCN(CCO)c1cc(NCCC)nc(SC)n1. The molecule has 1 rings (SSSR count). The molecule has 0 radical (unpaired) electrons. The Hall–Kier alpha value is -1.01. The molecule has 0 fully saturated rings. The summed E-state index contributed by atoms with van der Waals surface area (Å²) in [6.07, 6.45) is 5.26. The number of unbranched alkanes of at least 4 members (excludes halogenated alkanes) is 1. The van der Waals surface area contributed by atoms with Gasteiger partial charge in [0.1, 0.15) is 11.6 Å². The summed E-state index contributed by atoms with van der Waals surface area (Å²) < 4.78 is 0. The van der Waals surface area contributed by atoms with Crippen molar-refractivity contribution in [2.45, 2.75) is 38.3 Å². The maximum absolute atomic E-state index is 9.23. The van der Waals surface area contributed by atoms with E-state index in [1.165, 1.54) is 11.8 Å². The van der Waals surface area contributed by atoms with E-state index in [2.05, 4.69) is 34.0 Å². The normalized spacial score (nSPS) is 10.6. The molecule has 0 unspecified atom stereocenters. The van der Waals surface area contributed by atoms with Crippen LogP contribution in [0.1, 0.15) is 33.1 Å². The molecule has 0 saturated heterocycles. The number of aromatic nitrogens is 2. The van der Waals surface area contributed by atoms with E-state index in [0.717, 1.165) is 49.1 Å². The predicted octanol–water partition coefficient (Wildman–Crippen LogP) is 2.62. The molecule has 0 atom stereocenters. The summed E-state index contributed by atoms with van der Waals surface area (Å²) in [5.74, 6) is 1.76. The lowest BCUT2D eigenvalue weighted by Gasteiger charge is -2.23. The van der Waals surface area contributed by atoms with E-state index >= 15 is 0 Å². The zero-order valence-electron chi connectivity index (χ0n) is 12.7. The van der Waals surface area contributed by atoms with Crippen molar-refractivity contribution >= 4 is 23.4 Å². The van der Waals surface area contributed by atoms with Gasteiger partial charge in [-0.25, -0.2) is 9.97 Å². The van der Waals surface area contributed by atoms with Gasteiger partial charge in [-0.2, -0.15) is 0 Å². The Morgan fingerprint density at radius 3 is 2.65 bits per heavy atom. The minimum absolute atomic E-state index is 0.139. The molecular weight excluding hydrogens is 272 g/mol. The number of nitrogens with zero attached hydrogens (tertiary/aromatic N) is 3. The highest BCUT2D eigenvalue weighted by Gasteiger charge is 2.11. The van der Waals surface area contributed by atoms with Crippen molar-refractivity contribution in [2.24, 2.45) is 0 Å². The number of anilines is 2. The Labute approximate surface area is 126 Å². The third kappa shape index (κ3) is 5.54. The van der Waals surface area contributed by atoms with E-state index < -0.39 is 0 Å². The molecule has 0 aromatic carbocycles. The van der Waals surface area contributed by atoms with Crippen molar-refractivity contribution in [3.05, 3.63) is 6.07 Å². The highest BCUT2D eigenvalue weighted by atomic mass is 32.2. The van der Waals surface area contributed by atoms with Crippen LogP contribution in [-0.4, -0.2) is 47.6 Å². The molecular formula is C14H26N4OS. The average Bonchev–Trinajstić information content (AvgIpc) is 2.49. The van der Waals surface area contributed by atoms with Gasteiger partial charge in [0.15, 0.2) is 5.16 Å². The van der Waals surface area contributed by atoms with Crippen LogP contribution >= 0.6 is 11.8 Å². The summed E-state index contributed by atoms with van der Waals surface area (Å²) in [6.45, 7) is 6.86. The molecule has 1 aromatic rings. The second kappa shape index (κ2) is 9.83. The number of aliphatic hydroxyl groups is 1. The third-order valence-electron chi connectivity index (χ3n) is 2.91. The van der Waals surface area contributed by atoms with Crippen molar-refractivity contribution in [3.63, 3.8) is 0 Å². The van der Waals surface area contributed by atoms with Crippen LogP contribution in [-0.2, 0) is 0 Å². The van der Waals surface area contributed by atoms with Gasteiger partial charge in [-0.15, -0.1) is 0 Å². The van der Waals surface area contributed by atoms with Crippen LogP contribution in [0.25, 0.3) is 0 Å². The summed E-state index contributed by atoms with van der Waals surface area (Å²) in [7, 11) is 0. The molecule has 6 heteroatoms. The van der Waals surface area contributed by atoms with Crippen molar-refractivity contribution in [1.82, 2.24) is 9.97 Å². The minimum Gasteiger partial charge on any atom is -0.395 e. The Bertz CT molecular complexity index is 389. The lowest BCUT2D eigenvalue weighted by atomic mass is 10.3. The summed E-state index contributed by atoms with van der Waals surface area (Å²) in [4.78, 5) is 11.1. The highest BCUT2D eigenvalue weighted by molar-refractivity contribution is 7.98. The number of hydrogen-bond donors (Lipinski definition) is 2. The van der Waals surface area contributed by atoms with Crippen molar-refractivity contribution in [1.29, 1.82) is 0 Å². The molecule has 1 heterocycles. The number of aliphatic hydroxyl groups excluding tert-OH is 1. The van der Waals surface area contributed by atoms with Crippen LogP contribution in [0.15, 0.2) is 11.2 Å². The third-order valence-corrected chi connectivity index (χ3v) is 3.45. The monoisotopic (exact) mass is 298 g/mol. The number of nitrogens with one attached hydrogen (secondary N) is 1. The van der Waals surface area contributed by atoms with Gasteiger partial charge >= 0.3 is 0 Å². The molecule has 0 aliphatic carbocycles. The van der Waals surface area contributed by atoms with Gasteiger partial charge in [0, 0.05) is 25.7 Å². The standard InChI is InChI=1S/C14H26N4OS/c1-4-6-8-18(9-10-19)13-11-12(15-7-5-2)16-14(17-13)20-3/h11,19H,4-10H2,1-3H3,(H,15,16,17). The maximum Gasteiger partial charge on any atom is 0.191 e. The second-order valence-electron chi connectivity index (χ2n) is 4.59. The van der Waals surface area contributed by atoms with Crippen LogP contribution in [0, 0.1) is 0 Å². The van der Waals surface area contributed by atoms with E-state index in [-0.39, 0.29) is 6.61 Å². The van der Waals surface area contributed by atoms with Crippen molar-refractivity contribution in [2.75, 3.05) is 42.7 Å². The first-order chi connectivity index (χ1) is 9.74. The van der Waals surface area contributed by atoms with Crippen LogP contribution in [0.3, 0.4) is 0 Å². The molecule has 2 N–H and O–H groups in total. The second-order valence-corrected chi connectivity index (χ2v) is 5.36. The Kier molecular flexibility index (Phi) is 8.37. The fourth-order valence-electron chi connectivity index (χ4n) is 1.82. The fraction of sp³-hybridized carbons (Fsp3) is 0.714. The first kappa shape index (κ1) is 17.0. The van der Waals surface area contributed by atoms with E-state index in [1.54, 1.807) is 0 Å². The van der Waals surface area contributed by atoms with Gasteiger partial charge < -0.3 is 15.3 Å². The molecule has 1 aromatic heterocycles.